The summed E-state index contributed by atoms with van der Waals surface area (Å²) in [6.45, 7) is 4.33. The van der Waals surface area contributed by atoms with E-state index in [1.807, 2.05) is 62.4 Å². The van der Waals surface area contributed by atoms with Crippen LogP contribution in [0.25, 0.3) is 0 Å². The highest BCUT2D eigenvalue weighted by molar-refractivity contribution is 6.10. The molecular weight excluding hydrogens is 732 g/mol. The lowest BCUT2D eigenvalue weighted by Crippen LogP contribution is -2.53. The van der Waals surface area contributed by atoms with Gasteiger partial charge in [-0.25, -0.2) is 0 Å². The summed E-state index contributed by atoms with van der Waals surface area (Å²) in [5.41, 5.74) is 1.04. The fraction of sp³-hybridized carbons (Fsp3) is 0.404. The van der Waals surface area contributed by atoms with Gasteiger partial charge in [-0.2, -0.15) is 13.2 Å². The van der Waals surface area contributed by atoms with Gasteiger partial charge in [0.15, 0.2) is 17.3 Å². The highest BCUT2D eigenvalue weighted by Gasteiger charge is 2.57. The van der Waals surface area contributed by atoms with E-state index in [9.17, 15) is 33.0 Å². The van der Waals surface area contributed by atoms with Crippen LogP contribution in [0.15, 0.2) is 103 Å². The molecule has 1 amide bonds. The molecule has 0 heterocycles. The monoisotopic (exact) mass is 783 g/mol. The van der Waals surface area contributed by atoms with E-state index in [1.165, 1.54) is 19.2 Å². The molecule has 0 aromatic heterocycles. The van der Waals surface area contributed by atoms with E-state index >= 15 is 0 Å². The molecule has 2 bridgehead atoms. The maximum absolute atomic E-state index is 14.4. The Morgan fingerprint density at radius 3 is 2.35 bits per heavy atom. The van der Waals surface area contributed by atoms with Crippen LogP contribution >= 0.6 is 0 Å². The van der Waals surface area contributed by atoms with Gasteiger partial charge in [-0.05, 0) is 110 Å². The fourth-order valence-electron chi connectivity index (χ4n) is 8.82. The van der Waals surface area contributed by atoms with Crippen LogP contribution in [-0.2, 0) is 30.4 Å². The van der Waals surface area contributed by atoms with E-state index in [2.05, 4.69) is 6.08 Å². The molecule has 0 saturated heterocycles. The van der Waals surface area contributed by atoms with E-state index in [0.717, 1.165) is 28.8 Å². The number of ether oxygens (including phenoxy) is 2. The van der Waals surface area contributed by atoms with Crippen LogP contribution in [-0.4, -0.2) is 59.3 Å². The van der Waals surface area contributed by atoms with Gasteiger partial charge in [0.25, 0.3) is 0 Å². The Kier molecular flexibility index (Phi) is 12.6. The Morgan fingerprint density at radius 1 is 0.877 bits per heavy atom. The number of allylic oxidation sites excluding steroid dienone is 2. The lowest BCUT2D eigenvalue weighted by atomic mass is 9.64. The number of amides is 1. The molecule has 1 saturated carbocycles. The minimum Gasteiger partial charge on any atom is -0.493 e. The van der Waals surface area contributed by atoms with Gasteiger partial charge in [-0.3, -0.25) is 9.59 Å². The number of benzene rings is 4. The first-order valence-corrected chi connectivity index (χ1v) is 19.6. The molecule has 7 rings (SSSR count). The van der Waals surface area contributed by atoms with E-state index in [-0.39, 0.29) is 48.9 Å². The molecule has 0 spiro atoms. The third-order valence-corrected chi connectivity index (χ3v) is 12.2. The SMILES string of the molecule is COc1ccc(CC(=O)N(Cc2ccccc2)CC2(O)CCC3c4ccc(cc4C(=O)c4cccc(C(F)(F)F)c4)CC(O)CCC(C)=CCCC32C)cc1OC. The van der Waals surface area contributed by atoms with Gasteiger partial charge < -0.3 is 24.6 Å². The molecule has 0 radical (unpaired) electrons. The predicted octanol–water partition coefficient (Wildman–Crippen LogP) is 9.26. The summed E-state index contributed by atoms with van der Waals surface area (Å²) < 4.78 is 52.4. The fourth-order valence-corrected chi connectivity index (χ4v) is 8.82. The van der Waals surface area contributed by atoms with Gasteiger partial charge in [0, 0.05) is 23.1 Å². The van der Waals surface area contributed by atoms with Crippen molar-refractivity contribution < 1.29 is 42.4 Å². The van der Waals surface area contributed by atoms with Crippen molar-refractivity contribution in [3.05, 3.63) is 142 Å². The van der Waals surface area contributed by atoms with Gasteiger partial charge in [0.1, 0.15) is 0 Å². The first-order valence-electron chi connectivity index (χ1n) is 19.6. The first-order chi connectivity index (χ1) is 27.1. The van der Waals surface area contributed by atoms with E-state index < -0.39 is 34.6 Å². The summed E-state index contributed by atoms with van der Waals surface area (Å²) >= 11 is 0. The quantitative estimate of drug-likeness (QED) is 0.123. The molecule has 3 aliphatic carbocycles. The van der Waals surface area contributed by atoms with Crippen LogP contribution < -0.4 is 9.47 Å². The molecular formula is C47H52F3NO6. The van der Waals surface area contributed by atoms with Crippen molar-refractivity contribution in [1.29, 1.82) is 0 Å². The van der Waals surface area contributed by atoms with Crippen molar-refractivity contribution >= 4 is 11.7 Å². The summed E-state index contributed by atoms with van der Waals surface area (Å²) in [5.74, 6) is -0.0821. The Hall–Kier alpha value is -4.93. The second-order valence-corrected chi connectivity index (χ2v) is 16.0. The number of alkyl halides is 3. The Balaban J connectivity index is 1.42. The Bertz CT molecular complexity index is 2100. The smallest absolute Gasteiger partial charge is 0.416 e. The maximum Gasteiger partial charge on any atom is 0.416 e. The molecule has 4 unspecified atom stereocenters. The molecule has 4 aromatic carbocycles. The summed E-state index contributed by atoms with van der Waals surface area (Å²) in [4.78, 5) is 30.5. The normalized spacial score (nSPS) is 22.6. The molecule has 2 N–H and O–H groups in total. The number of carbonyl (C=O) groups excluding carboxylic acids is 2. The molecule has 57 heavy (non-hydrogen) atoms. The summed E-state index contributed by atoms with van der Waals surface area (Å²) in [6.07, 6.45) is 0.234. The minimum absolute atomic E-state index is 0.0187. The maximum atomic E-state index is 14.4. The Morgan fingerprint density at radius 2 is 1.63 bits per heavy atom. The number of ketones is 1. The van der Waals surface area contributed by atoms with Gasteiger partial charge in [-0.1, -0.05) is 79.2 Å². The van der Waals surface area contributed by atoms with Gasteiger partial charge in [0.2, 0.25) is 5.91 Å². The summed E-state index contributed by atoms with van der Waals surface area (Å²) in [7, 11) is 3.09. The van der Waals surface area contributed by atoms with Gasteiger partial charge in [0.05, 0.1) is 44.5 Å². The molecule has 1 fully saturated rings. The van der Waals surface area contributed by atoms with E-state index in [0.29, 0.717) is 61.2 Å². The van der Waals surface area contributed by atoms with Crippen LogP contribution in [0.1, 0.15) is 102 Å². The lowest BCUT2D eigenvalue weighted by Gasteiger charge is -2.46. The number of fused-ring (bicyclic) bond motifs is 8. The number of carbonyl (C=O) groups is 2. The average molecular weight is 784 g/mol. The molecule has 10 heteroatoms. The highest BCUT2D eigenvalue weighted by atomic mass is 19.4. The Labute approximate surface area is 333 Å². The predicted molar refractivity (Wildman–Crippen MR) is 213 cm³/mol. The lowest BCUT2D eigenvalue weighted by molar-refractivity contribution is -0.140. The molecule has 0 aliphatic heterocycles. The number of aliphatic hydroxyl groups excluding tert-OH is 1. The number of methoxy groups -OCH3 is 2. The van der Waals surface area contributed by atoms with E-state index in [4.69, 9.17) is 9.47 Å². The van der Waals surface area contributed by atoms with Crippen molar-refractivity contribution in [1.82, 2.24) is 4.90 Å². The number of hydrogen-bond acceptors (Lipinski definition) is 6. The number of rotatable bonds is 10. The van der Waals surface area contributed by atoms with Crippen molar-refractivity contribution in [3.63, 3.8) is 0 Å². The second-order valence-electron chi connectivity index (χ2n) is 16.0. The largest absolute Gasteiger partial charge is 0.493 e. The zero-order valence-corrected chi connectivity index (χ0v) is 33.1. The molecule has 3 aliphatic rings. The molecule has 7 nitrogen and oxygen atoms in total. The number of nitrogens with zero attached hydrogens (tertiary/aromatic N) is 1. The third-order valence-electron chi connectivity index (χ3n) is 12.2. The highest BCUT2D eigenvalue weighted by Crippen LogP contribution is 2.59. The zero-order chi connectivity index (χ0) is 41.0. The number of halogens is 3. The van der Waals surface area contributed by atoms with Gasteiger partial charge >= 0.3 is 6.18 Å². The standard InChI is InChI=1S/C47H52F3NO6/c1-31-10-9-22-45(2)40(38-19-16-33(24-37(52)18-15-31)25-39(38)44(54)35-13-8-14-36(28-35)47(48,49)50)21-23-46(45,55)30-51(29-32-11-6-5-7-12-32)43(53)27-34-17-20-41(56-3)42(26-34)57-4/h5-8,10-14,16-17,19-20,25-26,28,37,40,52,55H,9,15,18,21-24,27,29-30H2,1-4H3. The van der Waals surface area contributed by atoms with Crippen molar-refractivity contribution in [2.24, 2.45) is 5.41 Å². The zero-order valence-electron chi connectivity index (χ0n) is 33.1. The van der Waals surface area contributed by atoms with Crippen LogP contribution in [0.5, 0.6) is 11.5 Å². The van der Waals surface area contributed by atoms with Crippen molar-refractivity contribution in [2.75, 3.05) is 20.8 Å². The van der Waals surface area contributed by atoms with Crippen LogP contribution in [0.3, 0.4) is 0 Å². The van der Waals surface area contributed by atoms with Crippen LogP contribution in [0.2, 0.25) is 0 Å². The molecule has 4 atom stereocenters. The summed E-state index contributed by atoms with van der Waals surface area (Å²) in [5, 5.41) is 24.1. The molecule has 302 valence electrons. The van der Waals surface area contributed by atoms with Crippen molar-refractivity contribution in [2.45, 2.75) is 95.6 Å². The second kappa shape index (κ2) is 17.3. The minimum atomic E-state index is -4.63. The molecule has 4 aromatic rings. The third kappa shape index (κ3) is 9.29. The van der Waals surface area contributed by atoms with Crippen LogP contribution in [0, 0.1) is 5.41 Å². The topological polar surface area (TPSA) is 96.3 Å². The number of aliphatic hydroxyl groups is 2. The van der Waals surface area contributed by atoms with E-state index in [1.54, 1.807) is 30.2 Å². The first kappa shape index (κ1) is 41.7. The van der Waals surface area contributed by atoms with Crippen molar-refractivity contribution in [3.8, 4) is 11.5 Å². The number of hydrogen-bond donors (Lipinski definition) is 2. The van der Waals surface area contributed by atoms with Crippen LogP contribution in [0.4, 0.5) is 13.2 Å². The summed E-state index contributed by atoms with van der Waals surface area (Å²) in [6, 6.07) is 24.9. The van der Waals surface area contributed by atoms with Gasteiger partial charge in [-0.15, -0.1) is 0 Å². The average Bonchev–Trinajstić information content (AvgIpc) is 3.44.